The van der Waals surface area contributed by atoms with E-state index < -0.39 is 24.1 Å². The van der Waals surface area contributed by atoms with Gasteiger partial charge in [0.05, 0.1) is 0 Å². The van der Waals surface area contributed by atoms with Gasteiger partial charge in [-0.15, -0.1) is 0 Å². The van der Waals surface area contributed by atoms with Crippen molar-refractivity contribution in [2.24, 2.45) is 0 Å². The van der Waals surface area contributed by atoms with Crippen LogP contribution in [0, 0.1) is 0 Å². The average Bonchev–Trinajstić information content (AvgIpc) is 3.50. The van der Waals surface area contributed by atoms with E-state index in [9.17, 15) is 9.59 Å². The van der Waals surface area contributed by atoms with Gasteiger partial charge in [0.1, 0.15) is 12.2 Å². The number of esters is 2. The molecule has 1 saturated heterocycles. The fourth-order valence-electron chi connectivity index (χ4n) is 3.07. The molecule has 1 fully saturated rings. The lowest BCUT2D eigenvalue weighted by Gasteiger charge is -2.25. The number of ether oxygens (including phenoxy) is 3. The lowest BCUT2D eigenvalue weighted by atomic mass is 10.0. The van der Waals surface area contributed by atoms with Crippen molar-refractivity contribution in [1.82, 2.24) is 0 Å². The summed E-state index contributed by atoms with van der Waals surface area (Å²) in [5, 5.41) is 0. The zero-order valence-electron chi connectivity index (χ0n) is 14.4. The second kappa shape index (κ2) is 7.60. The Hall–Kier alpha value is -3.18. The van der Waals surface area contributed by atoms with Crippen molar-refractivity contribution in [2.45, 2.75) is 24.4 Å². The third-order valence-electron chi connectivity index (χ3n) is 4.44. The maximum absolute atomic E-state index is 12.2. The Kier molecular flexibility index (Phi) is 4.85. The highest BCUT2D eigenvalue weighted by Gasteiger charge is 2.52. The van der Waals surface area contributed by atoms with Crippen LogP contribution in [0.3, 0.4) is 0 Å². The monoisotopic (exact) mass is 362 g/mol. The minimum Gasteiger partial charge on any atom is -0.452 e. The van der Waals surface area contributed by atoms with Gasteiger partial charge in [-0.2, -0.15) is 0 Å². The van der Waals surface area contributed by atoms with Crippen molar-refractivity contribution in [2.75, 3.05) is 0 Å². The van der Waals surface area contributed by atoms with Crippen molar-refractivity contribution >= 4 is 18.0 Å². The maximum atomic E-state index is 12.2. The predicted octanol–water partition coefficient (Wildman–Crippen LogP) is 3.23. The maximum Gasteiger partial charge on any atom is 0.331 e. The molecule has 2 aliphatic heterocycles. The first-order valence-corrected chi connectivity index (χ1v) is 8.74. The Morgan fingerprint density at radius 2 is 1.67 bits per heavy atom. The second-order valence-corrected chi connectivity index (χ2v) is 6.34. The minimum atomic E-state index is -0.686. The molecule has 4 rings (SSSR count). The van der Waals surface area contributed by atoms with Crippen molar-refractivity contribution in [3.63, 3.8) is 0 Å². The lowest BCUT2D eigenvalue weighted by Crippen LogP contribution is -2.40. The van der Waals surface area contributed by atoms with Crippen LogP contribution >= 0.6 is 0 Å². The first-order chi connectivity index (χ1) is 13.2. The van der Waals surface area contributed by atoms with E-state index in [0.717, 1.165) is 11.1 Å². The summed E-state index contributed by atoms with van der Waals surface area (Å²) in [7, 11) is 0. The highest BCUT2D eigenvalue weighted by Crippen LogP contribution is 2.43. The van der Waals surface area contributed by atoms with Crippen molar-refractivity contribution in [3.8, 4) is 0 Å². The van der Waals surface area contributed by atoms with Crippen LogP contribution in [0.25, 0.3) is 6.08 Å². The lowest BCUT2D eigenvalue weighted by molar-refractivity contribution is -0.161. The summed E-state index contributed by atoms with van der Waals surface area (Å²) >= 11 is 0. The number of hydrogen-bond acceptors (Lipinski definition) is 5. The zero-order valence-corrected chi connectivity index (χ0v) is 14.4. The van der Waals surface area contributed by atoms with Crippen molar-refractivity contribution < 1.29 is 23.8 Å². The summed E-state index contributed by atoms with van der Waals surface area (Å²) < 4.78 is 16.6. The Bertz CT molecular complexity index is 872. The van der Waals surface area contributed by atoms with Gasteiger partial charge in [0.15, 0.2) is 12.2 Å². The molecular weight excluding hydrogens is 344 g/mol. The molecule has 0 N–H and O–H groups in total. The molecule has 0 saturated carbocycles. The van der Waals surface area contributed by atoms with E-state index in [1.807, 2.05) is 60.7 Å². The Morgan fingerprint density at radius 1 is 0.963 bits per heavy atom. The molecule has 5 nitrogen and oxygen atoms in total. The molecule has 136 valence electrons. The largest absolute Gasteiger partial charge is 0.452 e. The number of carbonyl (C=O) groups is 2. The molecule has 0 bridgehead atoms. The summed E-state index contributed by atoms with van der Waals surface area (Å²) in [5.41, 5.74) is 1.90. The quantitative estimate of drug-likeness (QED) is 0.464. The normalized spacial score (nSPS) is 26.6. The molecule has 0 aliphatic carbocycles. The first kappa shape index (κ1) is 17.2. The third-order valence-corrected chi connectivity index (χ3v) is 4.44. The highest BCUT2D eigenvalue weighted by molar-refractivity contribution is 5.88. The summed E-state index contributed by atoms with van der Waals surface area (Å²) in [6.07, 6.45) is 4.00. The second-order valence-electron chi connectivity index (χ2n) is 6.34. The van der Waals surface area contributed by atoms with Gasteiger partial charge in [0.25, 0.3) is 0 Å². The highest BCUT2D eigenvalue weighted by atomic mass is 16.6. The summed E-state index contributed by atoms with van der Waals surface area (Å²) in [6.45, 7) is 0. The number of hydrogen-bond donors (Lipinski definition) is 0. The first-order valence-electron chi connectivity index (χ1n) is 8.74. The molecule has 0 radical (unpaired) electrons. The van der Waals surface area contributed by atoms with Crippen LogP contribution in [0.1, 0.15) is 17.2 Å². The number of benzene rings is 2. The molecule has 27 heavy (non-hydrogen) atoms. The number of cyclic esters (lactones) is 1. The van der Waals surface area contributed by atoms with Crippen LogP contribution in [-0.2, 0) is 23.8 Å². The van der Waals surface area contributed by atoms with Gasteiger partial charge >= 0.3 is 11.9 Å². The number of carbonyl (C=O) groups excluding carboxylic acids is 2. The van der Waals surface area contributed by atoms with Gasteiger partial charge in [0.2, 0.25) is 0 Å². The molecule has 2 aromatic carbocycles. The number of rotatable bonds is 5. The standard InChI is InChI=1S/C22H18O5/c23-18(13-11-15-7-3-1-4-8-15)25-17-12-14-19(24)26-21(17)22-20(27-22)16-9-5-2-6-10-16/h1-14,17,20-22H/b13-11+/t17-,20+,21+,22-/m0/s1. The van der Waals surface area contributed by atoms with Gasteiger partial charge in [-0.05, 0) is 23.3 Å². The van der Waals surface area contributed by atoms with E-state index in [2.05, 4.69) is 0 Å². The van der Waals surface area contributed by atoms with Crippen LogP contribution in [0.5, 0.6) is 0 Å². The predicted molar refractivity (Wildman–Crippen MR) is 98.4 cm³/mol. The van der Waals surface area contributed by atoms with Gasteiger partial charge in [-0.3, -0.25) is 0 Å². The Labute approximate surface area is 156 Å². The molecule has 2 heterocycles. The topological polar surface area (TPSA) is 65.1 Å². The fourth-order valence-corrected chi connectivity index (χ4v) is 3.07. The van der Waals surface area contributed by atoms with Gasteiger partial charge in [-0.25, -0.2) is 9.59 Å². The smallest absolute Gasteiger partial charge is 0.331 e. The van der Waals surface area contributed by atoms with Gasteiger partial charge < -0.3 is 14.2 Å². The minimum absolute atomic E-state index is 0.170. The third kappa shape index (κ3) is 4.15. The summed E-state index contributed by atoms with van der Waals surface area (Å²) in [6, 6.07) is 19.1. The van der Waals surface area contributed by atoms with E-state index in [-0.39, 0.29) is 12.2 Å². The Balaban J connectivity index is 1.42. The molecule has 2 aromatic rings. The molecule has 0 unspecified atom stereocenters. The van der Waals surface area contributed by atoms with E-state index >= 15 is 0 Å². The average molecular weight is 362 g/mol. The van der Waals surface area contributed by atoms with Crippen LogP contribution in [-0.4, -0.2) is 30.3 Å². The van der Waals surface area contributed by atoms with Gasteiger partial charge in [0, 0.05) is 12.2 Å². The van der Waals surface area contributed by atoms with E-state index in [0.29, 0.717) is 0 Å². The van der Waals surface area contributed by atoms with Crippen LogP contribution in [0.4, 0.5) is 0 Å². The fraction of sp³-hybridized carbons (Fsp3) is 0.182. The van der Waals surface area contributed by atoms with E-state index in [1.54, 1.807) is 12.2 Å². The summed E-state index contributed by atoms with van der Waals surface area (Å²) in [4.78, 5) is 23.9. The van der Waals surface area contributed by atoms with Crippen LogP contribution in [0.2, 0.25) is 0 Å². The molecule has 0 amide bonds. The summed E-state index contributed by atoms with van der Waals surface area (Å²) in [5.74, 6) is -0.970. The molecule has 2 aliphatic rings. The van der Waals surface area contributed by atoms with Gasteiger partial charge in [-0.1, -0.05) is 60.7 Å². The van der Waals surface area contributed by atoms with Crippen molar-refractivity contribution in [1.29, 1.82) is 0 Å². The molecule has 0 spiro atoms. The molecule has 0 aromatic heterocycles. The molecular formula is C22H18O5. The Morgan fingerprint density at radius 3 is 2.41 bits per heavy atom. The van der Waals surface area contributed by atoms with E-state index in [4.69, 9.17) is 14.2 Å². The molecule has 4 atom stereocenters. The van der Waals surface area contributed by atoms with Crippen molar-refractivity contribution in [3.05, 3.63) is 90.0 Å². The SMILES string of the molecule is O=C1C=C[C@H](OC(=O)/C=C/c2ccccc2)[C@H]([C@H]2O[C@@H]2c2ccccc2)O1. The zero-order chi connectivity index (χ0) is 18.6. The number of epoxide rings is 1. The molecule has 5 heteroatoms. The van der Waals surface area contributed by atoms with Crippen LogP contribution in [0.15, 0.2) is 78.9 Å². The van der Waals surface area contributed by atoms with Crippen LogP contribution < -0.4 is 0 Å². The van der Waals surface area contributed by atoms with E-state index in [1.165, 1.54) is 12.2 Å².